The number of hydrogen-bond donors (Lipinski definition) is 1. The molecule has 4 rings (SSSR count). The van der Waals surface area contributed by atoms with Crippen molar-refractivity contribution in [2.24, 2.45) is 0 Å². The van der Waals surface area contributed by atoms with E-state index in [1.807, 2.05) is 55.5 Å². The molecule has 1 aliphatic carbocycles. The van der Waals surface area contributed by atoms with Gasteiger partial charge < -0.3 is 24.2 Å². The minimum absolute atomic E-state index is 0.00479. The number of likely N-dealkylation sites (N-methyl/N-ethyl adjacent to an activating group) is 1. The summed E-state index contributed by atoms with van der Waals surface area (Å²) in [6.45, 7) is 3.45. The molecule has 0 heterocycles. The summed E-state index contributed by atoms with van der Waals surface area (Å²) >= 11 is 0. The van der Waals surface area contributed by atoms with Crippen molar-refractivity contribution < 1.29 is 24.1 Å². The number of carbonyl (C=O) groups excluding carboxylic acids is 1. The molecule has 0 bridgehead atoms. The summed E-state index contributed by atoms with van der Waals surface area (Å²) in [6.07, 6.45) is -0.426. The van der Waals surface area contributed by atoms with Crippen LogP contribution >= 0.6 is 0 Å². The average Bonchev–Trinajstić information content (AvgIpc) is 3.22. The molecule has 1 aliphatic rings. The molecular formula is C29H33NO5. The van der Waals surface area contributed by atoms with Crippen molar-refractivity contribution in [2.45, 2.75) is 25.4 Å². The van der Waals surface area contributed by atoms with E-state index in [4.69, 9.17) is 14.2 Å². The zero-order valence-corrected chi connectivity index (χ0v) is 20.4. The first-order valence-corrected chi connectivity index (χ1v) is 12.1. The molecule has 3 aromatic carbocycles. The van der Waals surface area contributed by atoms with Crippen LogP contribution in [0.25, 0.3) is 11.1 Å². The topological polar surface area (TPSA) is 68.2 Å². The number of methoxy groups -OCH3 is 1. The van der Waals surface area contributed by atoms with Crippen molar-refractivity contribution in [1.29, 1.82) is 0 Å². The summed E-state index contributed by atoms with van der Waals surface area (Å²) in [5.74, 6) is 0.680. The van der Waals surface area contributed by atoms with E-state index in [1.165, 1.54) is 27.2 Å². The minimum atomic E-state index is -0.830. The average molecular weight is 476 g/mol. The number of nitrogens with zero attached hydrogens (tertiary/aromatic N) is 1. The number of carbonyl (C=O) groups is 1. The Morgan fingerprint density at radius 1 is 0.971 bits per heavy atom. The van der Waals surface area contributed by atoms with Crippen LogP contribution in [-0.4, -0.2) is 62.2 Å². The standard InChI is InChI=1S/C29H33NO5/c1-3-30(18-22(31)19-34-23-14-12-21(13-15-23)16-17-33-2)29(32)35-20-28-26-10-6-4-8-24(26)25-9-5-7-11-27(25)28/h4-15,22,28,31H,3,16-20H2,1-2H3. The lowest BCUT2D eigenvalue weighted by Crippen LogP contribution is -2.40. The molecule has 6 nitrogen and oxygen atoms in total. The van der Waals surface area contributed by atoms with E-state index in [0.29, 0.717) is 18.9 Å². The maximum absolute atomic E-state index is 12.8. The number of fused-ring (bicyclic) bond motifs is 3. The van der Waals surface area contributed by atoms with Crippen LogP contribution in [0.4, 0.5) is 4.79 Å². The van der Waals surface area contributed by atoms with Gasteiger partial charge in [-0.05, 0) is 53.3 Å². The molecule has 3 aromatic rings. The Kier molecular flexibility index (Phi) is 8.40. The Labute approximate surface area is 207 Å². The first-order valence-electron chi connectivity index (χ1n) is 12.1. The zero-order valence-electron chi connectivity index (χ0n) is 20.4. The number of ether oxygens (including phenoxy) is 3. The van der Waals surface area contributed by atoms with Gasteiger partial charge in [-0.25, -0.2) is 4.79 Å². The Morgan fingerprint density at radius 3 is 2.20 bits per heavy atom. The van der Waals surface area contributed by atoms with E-state index >= 15 is 0 Å². The number of rotatable bonds is 11. The Balaban J connectivity index is 1.29. The highest BCUT2D eigenvalue weighted by Gasteiger charge is 2.29. The lowest BCUT2D eigenvalue weighted by Gasteiger charge is -2.24. The van der Waals surface area contributed by atoms with Gasteiger partial charge in [-0.2, -0.15) is 0 Å². The van der Waals surface area contributed by atoms with Crippen LogP contribution in [0, 0.1) is 0 Å². The normalized spacial score (nSPS) is 13.1. The Bertz CT molecular complexity index is 1070. The first kappa shape index (κ1) is 24.8. The van der Waals surface area contributed by atoms with Crippen LogP contribution in [0.15, 0.2) is 72.8 Å². The van der Waals surface area contributed by atoms with Gasteiger partial charge in [0.15, 0.2) is 0 Å². The van der Waals surface area contributed by atoms with Crippen LogP contribution < -0.4 is 4.74 Å². The van der Waals surface area contributed by atoms with Gasteiger partial charge in [0.1, 0.15) is 25.1 Å². The fraction of sp³-hybridized carbons (Fsp3) is 0.345. The van der Waals surface area contributed by atoms with Crippen molar-refractivity contribution in [1.82, 2.24) is 4.90 Å². The molecule has 184 valence electrons. The lowest BCUT2D eigenvalue weighted by molar-refractivity contribution is 0.0533. The van der Waals surface area contributed by atoms with E-state index in [-0.39, 0.29) is 25.7 Å². The van der Waals surface area contributed by atoms with E-state index in [2.05, 4.69) is 24.3 Å². The molecular weight excluding hydrogens is 442 g/mol. The molecule has 0 aliphatic heterocycles. The maximum atomic E-state index is 12.8. The second kappa shape index (κ2) is 11.9. The summed E-state index contributed by atoms with van der Waals surface area (Å²) in [5, 5.41) is 10.5. The van der Waals surface area contributed by atoms with E-state index < -0.39 is 12.2 Å². The predicted molar refractivity (Wildman–Crippen MR) is 136 cm³/mol. The SMILES string of the molecule is CCN(CC(O)COc1ccc(CCOC)cc1)C(=O)OCC1c2ccccc2-c2ccccc21. The molecule has 0 aromatic heterocycles. The van der Waals surface area contributed by atoms with Gasteiger partial charge in [-0.15, -0.1) is 0 Å². The second-order valence-corrected chi connectivity index (χ2v) is 8.69. The van der Waals surface area contributed by atoms with Crippen molar-refractivity contribution in [3.8, 4) is 16.9 Å². The van der Waals surface area contributed by atoms with Crippen molar-refractivity contribution in [3.63, 3.8) is 0 Å². The molecule has 1 atom stereocenters. The number of aliphatic hydroxyl groups is 1. The van der Waals surface area contributed by atoms with Crippen LogP contribution in [0.3, 0.4) is 0 Å². The summed E-state index contributed by atoms with van der Waals surface area (Å²) in [7, 11) is 1.68. The third kappa shape index (κ3) is 6.02. The van der Waals surface area contributed by atoms with Gasteiger partial charge in [-0.3, -0.25) is 0 Å². The molecule has 1 amide bonds. The number of benzene rings is 3. The van der Waals surface area contributed by atoms with Crippen LogP contribution in [0.2, 0.25) is 0 Å². The van der Waals surface area contributed by atoms with Crippen LogP contribution in [0.5, 0.6) is 5.75 Å². The smallest absolute Gasteiger partial charge is 0.409 e. The molecule has 0 fully saturated rings. The predicted octanol–water partition coefficient (Wildman–Crippen LogP) is 4.89. The lowest BCUT2D eigenvalue weighted by atomic mass is 9.98. The van der Waals surface area contributed by atoms with Crippen molar-refractivity contribution in [2.75, 3.05) is 40.0 Å². The zero-order chi connectivity index (χ0) is 24.6. The summed E-state index contributed by atoms with van der Waals surface area (Å²) in [4.78, 5) is 14.3. The van der Waals surface area contributed by atoms with Crippen LogP contribution in [0.1, 0.15) is 29.5 Å². The van der Waals surface area contributed by atoms with E-state index in [1.54, 1.807) is 7.11 Å². The van der Waals surface area contributed by atoms with Crippen molar-refractivity contribution in [3.05, 3.63) is 89.5 Å². The molecule has 1 unspecified atom stereocenters. The Morgan fingerprint density at radius 2 is 1.60 bits per heavy atom. The quantitative estimate of drug-likeness (QED) is 0.428. The molecule has 6 heteroatoms. The largest absolute Gasteiger partial charge is 0.491 e. The highest BCUT2D eigenvalue weighted by Crippen LogP contribution is 2.44. The monoisotopic (exact) mass is 475 g/mol. The van der Waals surface area contributed by atoms with Gasteiger partial charge in [0.2, 0.25) is 0 Å². The fourth-order valence-corrected chi connectivity index (χ4v) is 4.49. The molecule has 0 saturated carbocycles. The summed E-state index contributed by atoms with van der Waals surface area (Å²) in [5.41, 5.74) is 5.89. The highest BCUT2D eigenvalue weighted by atomic mass is 16.6. The van der Waals surface area contributed by atoms with Gasteiger partial charge in [0.05, 0.1) is 13.2 Å². The third-order valence-corrected chi connectivity index (χ3v) is 6.37. The van der Waals surface area contributed by atoms with Gasteiger partial charge >= 0.3 is 6.09 Å². The van der Waals surface area contributed by atoms with Gasteiger partial charge in [0.25, 0.3) is 0 Å². The molecule has 1 N–H and O–H groups in total. The van der Waals surface area contributed by atoms with E-state index in [9.17, 15) is 9.90 Å². The van der Waals surface area contributed by atoms with Crippen molar-refractivity contribution >= 4 is 6.09 Å². The molecule has 0 radical (unpaired) electrons. The van der Waals surface area contributed by atoms with Gasteiger partial charge in [0, 0.05) is 19.6 Å². The fourth-order valence-electron chi connectivity index (χ4n) is 4.49. The molecule has 0 spiro atoms. The first-order chi connectivity index (χ1) is 17.1. The third-order valence-electron chi connectivity index (χ3n) is 6.37. The number of hydrogen-bond acceptors (Lipinski definition) is 5. The summed E-state index contributed by atoms with van der Waals surface area (Å²) < 4.78 is 16.5. The second-order valence-electron chi connectivity index (χ2n) is 8.69. The Hall–Kier alpha value is -3.35. The van der Waals surface area contributed by atoms with Gasteiger partial charge in [-0.1, -0.05) is 60.7 Å². The van der Waals surface area contributed by atoms with Crippen LogP contribution in [-0.2, 0) is 15.9 Å². The molecule has 0 saturated heterocycles. The maximum Gasteiger partial charge on any atom is 0.409 e. The molecule has 35 heavy (non-hydrogen) atoms. The van der Waals surface area contributed by atoms with E-state index in [0.717, 1.165) is 12.0 Å². The summed E-state index contributed by atoms with van der Waals surface area (Å²) in [6, 6.07) is 24.2. The number of amides is 1. The number of aliphatic hydroxyl groups excluding tert-OH is 1. The highest BCUT2D eigenvalue weighted by molar-refractivity contribution is 5.79. The minimum Gasteiger partial charge on any atom is -0.491 e.